The SMILES string of the molecule is CCOC(=O)c1c(/N=C/c2c(O)[nH]c(=S)[nH]c2=O)sc(C(=O)OCCOC)c1C. The van der Waals surface area contributed by atoms with Crippen molar-refractivity contribution in [2.45, 2.75) is 13.8 Å². The molecule has 0 unspecified atom stereocenters. The highest BCUT2D eigenvalue weighted by molar-refractivity contribution is 7.71. The van der Waals surface area contributed by atoms with Gasteiger partial charge in [-0.1, -0.05) is 0 Å². The number of esters is 2. The van der Waals surface area contributed by atoms with Crippen molar-refractivity contribution in [2.75, 3.05) is 26.9 Å². The molecule has 0 aliphatic carbocycles. The van der Waals surface area contributed by atoms with Gasteiger partial charge in [-0.3, -0.25) is 9.78 Å². The molecule has 2 aromatic heterocycles. The molecular weight excluding hydrogens is 422 g/mol. The minimum atomic E-state index is -0.671. The Balaban J connectivity index is 2.48. The van der Waals surface area contributed by atoms with Gasteiger partial charge >= 0.3 is 11.9 Å². The molecule has 0 saturated heterocycles. The smallest absolute Gasteiger partial charge is 0.348 e. The van der Waals surface area contributed by atoms with Crippen LogP contribution in [0.3, 0.4) is 0 Å². The molecule has 0 bridgehead atoms. The van der Waals surface area contributed by atoms with Crippen LogP contribution in [0.5, 0.6) is 5.88 Å². The molecule has 0 atom stereocenters. The van der Waals surface area contributed by atoms with Crippen molar-refractivity contribution in [1.29, 1.82) is 0 Å². The lowest BCUT2D eigenvalue weighted by Gasteiger charge is -2.04. The first-order valence-electron chi connectivity index (χ1n) is 8.36. The summed E-state index contributed by atoms with van der Waals surface area (Å²) in [5.41, 5.74) is -0.441. The van der Waals surface area contributed by atoms with E-state index in [1.165, 1.54) is 7.11 Å². The van der Waals surface area contributed by atoms with Crippen LogP contribution in [0, 0.1) is 11.7 Å². The van der Waals surface area contributed by atoms with E-state index in [1.54, 1.807) is 13.8 Å². The number of nitrogens with zero attached hydrogens (tertiary/aromatic N) is 1. The maximum atomic E-state index is 12.4. The van der Waals surface area contributed by atoms with Crippen molar-refractivity contribution in [3.05, 3.63) is 36.7 Å². The van der Waals surface area contributed by atoms with Crippen molar-refractivity contribution < 1.29 is 28.9 Å². The molecule has 2 rings (SSSR count). The summed E-state index contributed by atoms with van der Waals surface area (Å²) in [4.78, 5) is 45.6. The summed E-state index contributed by atoms with van der Waals surface area (Å²) in [7, 11) is 1.48. The van der Waals surface area contributed by atoms with Gasteiger partial charge in [0.05, 0.1) is 13.2 Å². The van der Waals surface area contributed by atoms with Crippen LogP contribution in [0.2, 0.25) is 0 Å². The van der Waals surface area contributed by atoms with Crippen LogP contribution in [0.4, 0.5) is 5.00 Å². The summed E-state index contributed by atoms with van der Waals surface area (Å²) in [6, 6.07) is 0. The molecule has 0 aliphatic heterocycles. The number of H-pyrrole nitrogens is 2. The summed E-state index contributed by atoms with van der Waals surface area (Å²) in [6.45, 7) is 3.61. The molecule has 0 aliphatic rings. The number of nitrogens with one attached hydrogen (secondary N) is 2. The van der Waals surface area contributed by atoms with Gasteiger partial charge in [0.15, 0.2) is 4.77 Å². The van der Waals surface area contributed by atoms with E-state index >= 15 is 0 Å². The van der Waals surface area contributed by atoms with Crippen LogP contribution in [0.1, 0.15) is 38.1 Å². The number of hydrogen-bond donors (Lipinski definition) is 3. The average molecular weight is 441 g/mol. The Morgan fingerprint density at radius 3 is 2.59 bits per heavy atom. The maximum Gasteiger partial charge on any atom is 0.348 e. The van der Waals surface area contributed by atoms with Crippen LogP contribution in [0.15, 0.2) is 9.79 Å². The van der Waals surface area contributed by atoms with E-state index in [9.17, 15) is 19.5 Å². The molecule has 12 heteroatoms. The van der Waals surface area contributed by atoms with Crippen LogP contribution < -0.4 is 5.56 Å². The van der Waals surface area contributed by atoms with Crippen LogP contribution in [-0.2, 0) is 14.2 Å². The summed E-state index contributed by atoms with van der Waals surface area (Å²) >= 11 is 5.67. The number of aromatic nitrogens is 2. The highest BCUT2D eigenvalue weighted by atomic mass is 32.1. The highest BCUT2D eigenvalue weighted by Crippen LogP contribution is 2.36. The Morgan fingerprint density at radius 2 is 1.97 bits per heavy atom. The lowest BCUT2D eigenvalue weighted by molar-refractivity contribution is 0.0393. The molecule has 2 heterocycles. The Kier molecular flexibility index (Phi) is 7.82. The zero-order chi connectivity index (χ0) is 21.6. The molecule has 0 radical (unpaired) electrons. The minimum absolute atomic E-state index is 0.0481. The average Bonchev–Trinajstić information content (AvgIpc) is 2.97. The molecule has 0 spiro atoms. The predicted octanol–water partition coefficient (Wildman–Crippen LogP) is 2.24. The first kappa shape index (κ1) is 22.5. The molecule has 0 saturated carbocycles. The van der Waals surface area contributed by atoms with Crippen molar-refractivity contribution in [1.82, 2.24) is 9.97 Å². The number of aromatic amines is 2. The molecule has 2 aromatic rings. The topological polar surface area (TPSA) is 143 Å². The van der Waals surface area contributed by atoms with Gasteiger partial charge in [0.25, 0.3) is 5.56 Å². The van der Waals surface area contributed by atoms with Gasteiger partial charge in [-0.25, -0.2) is 14.6 Å². The minimum Gasteiger partial charge on any atom is -0.494 e. The van der Waals surface area contributed by atoms with Crippen LogP contribution >= 0.6 is 23.6 Å². The third kappa shape index (κ3) is 5.37. The summed E-state index contributed by atoms with van der Waals surface area (Å²) in [5, 5.41) is 10.00. The summed E-state index contributed by atoms with van der Waals surface area (Å²) < 4.78 is 14.9. The molecular formula is C17H19N3O7S2. The Morgan fingerprint density at radius 1 is 1.24 bits per heavy atom. The van der Waals surface area contributed by atoms with Gasteiger partial charge in [0, 0.05) is 13.3 Å². The standard InChI is InChI=1S/C17H19N3O7S2/c1-4-26-15(23)10-8(2)11(16(24)27-6-5-25-3)29-14(10)18-7-9-12(21)19-17(28)20-13(9)22/h7H,4-6H2,1-3H3,(H3,19,20,21,22,28)/b18-7+. The highest BCUT2D eigenvalue weighted by Gasteiger charge is 2.26. The number of hydrogen-bond acceptors (Lipinski definition) is 10. The number of thiophene rings is 1. The normalized spacial score (nSPS) is 11.0. The lowest BCUT2D eigenvalue weighted by Crippen LogP contribution is -2.13. The van der Waals surface area contributed by atoms with E-state index < -0.39 is 23.4 Å². The van der Waals surface area contributed by atoms with Gasteiger partial charge in [-0.05, 0) is 31.6 Å². The van der Waals surface area contributed by atoms with E-state index in [0.717, 1.165) is 17.6 Å². The second-order valence-electron chi connectivity index (χ2n) is 5.51. The van der Waals surface area contributed by atoms with Gasteiger partial charge in [-0.15, -0.1) is 11.3 Å². The van der Waals surface area contributed by atoms with Gasteiger partial charge < -0.3 is 24.3 Å². The molecule has 156 valence electrons. The van der Waals surface area contributed by atoms with E-state index in [1.807, 2.05) is 0 Å². The number of carbonyl (C=O) groups excluding carboxylic acids is 2. The molecule has 0 amide bonds. The number of rotatable bonds is 8. The second-order valence-corrected chi connectivity index (χ2v) is 6.92. The number of carbonyl (C=O) groups is 2. The summed E-state index contributed by atoms with van der Waals surface area (Å²) in [6.07, 6.45) is 1.06. The number of aromatic hydroxyl groups is 1. The lowest BCUT2D eigenvalue weighted by atomic mass is 10.1. The Labute approximate surface area is 174 Å². The van der Waals surface area contributed by atoms with Gasteiger partial charge in [0.2, 0.25) is 5.88 Å². The van der Waals surface area contributed by atoms with E-state index in [0.29, 0.717) is 5.56 Å². The molecule has 3 N–H and O–H groups in total. The third-order valence-corrected chi connectivity index (χ3v) is 4.97. The van der Waals surface area contributed by atoms with Crippen molar-refractivity contribution >= 4 is 46.7 Å². The fraction of sp³-hybridized carbons (Fsp3) is 0.353. The predicted molar refractivity (Wildman–Crippen MR) is 108 cm³/mol. The monoisotopic (exact) mass is 441 g/mol. The van der Waals surface area contributed by atoms with E-state index in [2.05, 4.69) is 15.0 Å². The maximum absolute atomic E-state index is 12.4. The number of ether oxygens (including phenoxy) is 3. The molecule has 0 fully saturated rings. The zero-order valence-electron chi connectivity index (χ0n) is 15.9. The largest absolute Gasteiger partial charge is 0.494 e. The first-order chi connectivity index (χ1) is 13.8. The first-order valence-corrected chi connectivity index (χ1v) is 9.58. The quantitative estimate of drug-likeness (QED) is 0.245. The van der Waals surface area contributed by atoms with Crippen molar-refractivity contribution in [2.24, 2.45) is 4.99 Å². The van der Waals surface area contributed by atoms with Crippen molar-refractivity contribution in [3.63, 3.8) is 0 Å². The molecule has 0 aromatic carbocycles. The van der Waals surface area contributed by atoms with Crippen LogP contribution in [-0.4, -0.2) is 60.2 Å². The van der Waals surface area contributed by atoms with Gasteiger partial charge in [0.1, 0.15) is 27.6 Å². The fourth-order valence-corrected chi connectivity index (χ4v) is 3.46. The fourth-order valence-electron chi connectivity index (χ4n) is 2.24. The van der Waals surface area contributed by atoms with E-state index in [-0.39, 0.29) is 45.6 Å². The second kappa shape index (κ2) is 10.1. The van der Waals surface area contributed by atoms with E-state index in [4.69, 9.17) is 26.4 Å². The molecule has 10 nitrogen and oxygen atoms in total. The summed E-state index contributed by atoms with van der Waals surface area (Å²) in [5.74, 6) is -1.79. The third-order valence-electron chi connectivity index (χ3n) is 3.58. The Bertz CT molecular complexity index is 1050. The number of aliphatic imine (C=N–C) groups is 1. The van der Waals surface area contributed by atoms with Crippen LogP contribution in [0.25, 0.3) is 0 Å². The van der Waals surface area contributed by atoms with Gasteiger partial charge in [-0.2, -0.15) is 0 Å². The molecule has 29 heavy (non-hydrogen) atoms. The number of methoxy groups -OCH3 is 1. The Hall–Kier alpha value is -2.83. The zero-order valence-corrected chi connectivity index (χ0v) is 17.5. The van der Waals surface area contributed by atoms with Crippen molar-refractivity contribution in [3.8, 4) is 5.88 Å².